The fraction of sp³-hybridized carbons (Fsp3) is 0.367. The number of quaternary nitrogens is 1. The van der Waals surface area contributed by atoms with Gasteiger partial charge < -0.3 is 16.0 Å². The fourth-order valence-corrected chi connectivity index (χ4v) is 7.58. The van der Waals surface area contributed by atoms with E-state index in [0.717, 1.165) is 42.6 Å². The first kappa shape index (κ1) is 30.0. The molecule has 2 aliphatic heterocycles. The van der Waals surface area contributed by atoms with E-state index >= 15 is 0 Å². The summed E-state index contributed by atoms with van der Waals surface area (Å²) >= 11 is 12.2. The third kappa shape index (κ3) is 6.32. The Labute approximate surface area is 252 Å². The van der Waals surface area contributed by atoms with Gasteiger partial charge in [0.15, 0.2) is 5.69 Å². The van der Waals surface area contributed by atoms with Crippen LogP contribution in [0.5, 0.6) is 0 Å². The van der Waals surface area contributed by atoms with Gasteiger partial charge in [0.1, 0.15) is 12.6 Å². The van der Waals surface area contributed by atoms with E-state index < -0.39 is 26.0 Å². The lowest BCUT2D eigenvalue weighted by molar-refractivity contribution is -0.126. The molecule has 3 aromatic rings. The van der Waals surface area contributed by atoms with Crippen molar-refractivity contribution in [3.63, 3.8) is 0 Å². The van der Waals surface area contributed by atoms with Gasteiger partial charge in [-0.25, -0.2) is 0 Å². The molecule has 218 valence electrons. The molecule has 1 fully saturated rings. The van der Waals surface area contributed by atoms with E-state index in [-0.39, 0.29) is 18.5 Å². The summed E-state index contributed by atoms with van der Waals surface area (Å²) in [6.45, 7) is 3.02. The van der Waals surface area contributed by atoms with Crippen LogP contribution in [0.4, 0.5) is 5.69 Å². The van der Waals surface area contributed by atoms with E-state index in [4.69, 9.17) is 23.2 Å². The highest BCUT2D eigenvalue weighted by atomic mass is 35.5. The Hall–Kier alpha value is -2.50. The first-order chi connectivity index (χ1) is 19.6. The molecule has 0 bridgehead atoms. The van der Waals surface area contributed by atoms with Crippen LogP contribution in [0.2, 0.25) is 10.0 Å². The number of benzene rings is 3. The molecule has 5 rings (SSSR count). The van der Waals surface area contributed by atoms with Crippen LogP contribution in [-0.4, -0.2) is 52.8 Å². The van der Waals surface area contributed by atoms with Gasteiger partial charge in [-0.1, -0.05) is 81.8 Å². The van der Waals surface area contributed by atoms with E-state index in [2.05, 4.69) is 21.4 Å². The molecule has 2 heterocycles. The number of hydrogen-bond donors (Lipinski definition) is 4. The minimum Gasteiger partial charge on any atom is -0.317 e. The van der Waals surface area contributed by atoms with Crippen molar-refractivity contribution in [1.29, 1.82) is 0 Å². The number of piperidine rings is 1. The Kier molecular flexibility index (Phi) is 9.06. The number of hydrogen-bond acceptors (Lipinski definition) is 6. The van der Waals surface area contributed by atoms with E-state index in [9.17, 15) is 13.2 Å². The summed E-state index contributed by atoms with van der Waals surface area (Å²) in [6.07, 6.45) is 2.81. The largest absolute Gasteiger partial charge is 0.321 e. The first-order valence-corrected chi connectivity index (χ1v) is 16.4. The molecule has 41 heavy (non-hydrogen) atoms. The highest BCUT2D eigenvalue weighted by Gasteiger charge is 2.60. The zero-order valence-electron chi connectivity index (χ0n) is 23.0. The second kappa shape index (κ2) is 12.4. The predicted molar refractivity (Wildman–Crippen MR) is 165 cm³/mol. The SMILES string of the molecule is CS(=O)(=O)[N+]1(NC(=O)C(CNCc2ccc(Cl)c(Cl)c2)NCc2ccccc2)CC2(CCNCC2)c2ccccc21. The van der Waals surface area contributed by atoms with Gasteiger partial charge >= 0.3 is 10.0 Å². The number of amides is 1. The molecule has 2 aliphatic rings. The third-order valence-electron chi connectivity index (χ3n) is 8.18. The normalized spacial score (nSPS) is 20.5. The molecule has 1 amide bonds. The van der Waals surface area contributed by atoms with E-state index in [1.54, 1.807) is 12.1 Å². The molecule has 0 radical (unpaired) electrons. The lowest BCUT2D eigenvalue weighted by atomic mass is 9.75. The van der Waals surface area contributed by atoms with Crippen molar-refractivity contribution in [3.8, 4) is 0 Å². The Morgan fingerprint density at radius 3 is 2.37 bits per heavy atom. The zero-order valence-corrected chi connectivity index (χ0v) is 25.3. The standard InChI is InChI=1S/C30H35Cl2N5O3S/c1-41(39,40)37(21-30(13-15-33-16-14-30)24-9-5-6-10-28(24)37)36-29(38)27(35-19-22-7-3-2-4-8-22)20-34-18-23-11-12-25(31)26(32)17-23/h2-12,17,27,33-35H,13-16,18-21H2,1H3/p+1. The smallest absolute Gasteiger partial charge is 0.317 e. The Bertz CT molecular complexity index is 1500. The summed E-state index contributed by atoms with van der Waals surface area (Å²) < 4.78 is 26.6. The van der Waals surface area contributed by atoms with Gasteiger partial charge in [-0.05, 0) is 49.2 Å². The summed E-state index contributed by atoms with van der Waals surface area (Å²) in [5.74, 6) is -0.395. The summed E-state index contributed by atoms with van der Waals surface area (Å²) in [5.41, 5.74) is 6.23. The minimum atomic E-state index is -3.81. The molecule has 4 N–H and O–H groups in total. The molecular weight excluding hydrogens is 581 g/mol. The molecule has 1 spiro atoms. The topological polar surface area (TPSA) is 99.3 Å². The summed E-state index contributed by atoms with van der Waals surface area (Å²) in [7, 11) is -3.81. The van der Waals surface area contributed by atoms with E-state index in [0.29, 0.717) is 28.8 Å². The highest BCUT2D eigenvalue weighted by Crippen LogP contribution is 2.50. The molecule has 3 aromatic carbocycles. The molecule has 0 aliphatic carbocycles. The minimum absolute atomic E-state index is 0.263. The van der Waals surface area contributed by atoms with Crippen molar-refractivity contribution in [2.45, 2.75) is 37.4 Å². The van der Waals surface area contributed by atoms with Crippen LogP contribution in [0.15, 0.2) is 72.8 Å². The van der Waals surface area contributed by atoms with Crippen LogP contribution in [0.25, 0.3) is 0 Å². The first-order valence-electron chi connectivity index (χ1n) is 13.8. The van der Waals surface area contributed by atoms with Crippen molar-refractivity contribution in [2.75, 3.05) is 32.4 Å². The van der Waals surface area contributed by atoms with Crippen LogP contribution in [0.3, 0.4) is 0 Å². The second-order valence-electron chi connectivity index (χ2n) is 11.0. The Morgan fingerprint density at radius 2 is 1.66 bits per heavy atom. The van der Waals surface area contributed by atoms with Crippen molar-refractivity contribution >= 4 is 44.8 Å². The van der Waals surface area contributed by atoms with Crippen molar-refractivity contribution in [1.82, 2.24) is 25.4 Å². The Balaban J connectivity index is 1.41. The van der Waals surface area contributed by atoms with Crippen molar-refractivity contribution in [2.24, 2.45) is 0 Å². The van der Waals surface area contributed by atoms with Crippen LogP contribution in [-0.2, 0) is 33.3 Å². The molecule has 2 unspecified atom stereocenters. The lowest BCUT2D eigenvalue weighted by Gasteiger charge is -2.36. The molecule has 1 saturated heterocycles. The van der Waals surface area contributed by atoms with Gasteiger partial charge in [-0.2, -0.15) is 13.8 Å². The quantitative estimate of drug-likeness (QED) is 0.258. The molecule has 0 saturated carbocycles. The molecule has 8 nitrogen and oxygen atoms in total. The predicted octanol–water partition coefficient (Wildman–Crippen LogP) is 3.87. The summed E-state index contributed by atoms with van der Waals surface area (Å²) in [6, 6.07) is 22.1. The van der Waals surface area contributed by atoms with Crippen LogP contribution in [0, 0.1) is 0 Å². The van der Waals surface area contributed by atoms with Crippen molar-refractivity contribution in [3.05, 3.63) is 99.5 Å². The third-order valence-corrected chi connectivity index (χ3v) is 10.5. The maximum atomic E-state index is 14.0. The Morgan fingerprint density at radius 1 is 0.951 bits per heavy atom. The van der Waals surface area contributed by atoms with Crippen LogP contribution < -0.4 is 25.4 Å². The maximum Gasteiger partial charge on any atom is 0.321 e. The number of rotatable bonds is 10. The molecular formula is C30H36Cl2N5O3S+. The average molecular weight is 618 g/mol. The van der Waals surface area contributed by atoms with Gasteiger partial charge in [0.25, 0.3) is 5.91 Å². The summed E-state index contributed by atoms with van der Waals surface area (Å²) in [4.78, 5) is 14.0. The number of nitrogens with zero attached hydrogens (tertiary/aromatic N) is 1. The number of halogens is 2. The highest BCUT2D eigenvalue weighted by molar-refractivity contribution is 7.90. The number of carbonyl (C=O) groups excluding carboxylic acids is 1. The molecule has 11 heteroatoms. The molecule has 2 atom stereocenters. The van der Waals surface area contributed by atoms with Crippen LogP contribution in [0.1, 0.15) is 29.5 Å². The van der Waals surface area contributed by atoms with Gasteiger partial charge in [0.2, 0.25) is 0 Å². The number of nitrogens with one attached hydrogen (secondary N) is 4. The monoisotopic (exact) mass is 616 g/mol. The second-order valence-corrected chi connectivity index (χ2v) is 13.9. The number of fused-ring (bicyclic) bond motifs is 2. The van der Waals surface area contributed by atoms with E-state index in [1.807, 2.05) is 60.7 Å². The van der Waals surface area contributed by atoms with Gasteiger partial charge in [-0.3, -0.25) is 4.79 Å². The molecule has 0 aromatic heterocycles. The van der Waals surface area contributed by atoms with Crippen molar-refractivity contribution < 1.29 is 13.2 Å². The zero-order chi connectivity index (χ0) is 29.1. The van der Waals surface area contributed by atoms with E-state index in [1.165, 1.54) is 6.26 Å². The number of sulfonamides is 1. The number of carbonyl (C=O) groups is 1. The van der Waals surface area contributed by atoms with Crippen LogP contribution >= 0.6 is 23.2 Å². The van der Waals surface area contributed by atoms with Gasteiger partial charge in [0, 0.05) is 31.3 Å². The number of para-hydroxylation sites is 1. The van der Waals surface area contributed by atoms with Gasteiger partial charge in [0.05, 0.1) is 21.7 Å². The average Bonchev–Trinajstić information content (AvgIpc) is 3.23. The summed E-state index contributed by atoms with van der Waals surface area (Å²) in [5, 5.41) is 11.0. The maximum absolute atomic E-state index is 14.0. The fourth-order valence-electron chi connectivity index (χ4n) is 6.01. The lowest BCUT2D eigenvalue weighted by Crippen LogP contribution is -2.68. The van der Waals surface area contributed by atoms with Gasteiger partial charge in [-0.15, -0.1) is 0 Å².